The SMILES string of the molecule is CCOC(=O)Cc1csc(NC(=O)c2oc3c(C)ccc(C)c3c2C)n1. The van der Waals surface area contributed by atoms with Gasteiger partial charge in [0.2, 0.25) is 0 Å². The average molecular weight is 372 g/mol. The Balaban J connectivity index is 1.81. The van der Waals surface area contributed by atoms with Gasteiger partial charge in [0.25, 0.3) is 5.91 Å². The van der Waals surface area contributed by atoms with Gasteiger partial charge in [-0.2, -0.15) is 0 Å². The number of hydrogen-bond acceptors (Lipinski definition) is 6. The van der Waals surface area contributed by atoms with Crippen molar-refractivity contribution in [2.75, 3.05) is 11.9 Å². The van der Waals surface area contributed by atoms with Gasteiger partial charge in [0.05, 0.1) is 18.7 Å². The Morgan fingerprint density at radius 1 is 1.23 bits per heavy atom. The van der Waals surface area contributed by atoms with Gasteiger partial charge >= 0.3 is 5.97 Å². The fraction of sp³-hybridized carbons (Fsp3) is 0.316. The largest absolute Gasteiger partial charge is 0.466 e. The van der Waals surface area contributed by atoms with Gasteiger partial charge in [-0.25, -0.2) is 4.98 Å². The van der Waals surface area contributed by atoms with Crippen molar-refractivity contribution in [1.82, 2.24) is 4.98 Å². The van der Waals surface area contributed by atoms with Gasteiger partial charge in [-0.1, -0.05) is 12.1 Å². The van der Waals surface area contributed by atoms with Crippen LogP contribution in [0.1, 0.15) is 39.9 Å². The van der Waals surface area contributed by atoms with E-state index in [4.69, 9.17) is 9.15 Å². The molecule has 3 aromatic rings. The first kappa shape index (κ1) is 18.1. The standard InChI is InChI=1S/C19H20N2O4S/c1-5-24-14(22)8-13-9-26-19(20-13)21-18(23)17-12(4)15-10(2)6-7-11(3)16(15)25-17/h6-7,9H,5,8H2,1-4H3,(H,20,21,23). The summed E-state index contributed by atoms with van der Waals surface area (Å²) in [4.78, 5) is 28.4. The van der Waals surface area contributed by atoms with Crippen LogP contribution in [0.3, 0.4) is 0 Å². The number of fused-ring (bicyclic) bond motifs is 1. The molecule has 0 fully saturated rings. The number of furan rings is 1. The number of anilines is 1. The minimum atomic E-state index is -0.352. The van der Waals surface area contributed by atoms with E-state index >= 15 is 0 Å². The fourth-order valence-electron chi connectivity index (χ4n) is 2.85. The second-order valence-corrected chi connectivity index (χ2v) is 6.90. The number of carbonyl (C=O) groups excluding carboxylic acids is 2. The lowest BCUT2D eigenvalue weighted by atomic mass is 10.0. The monoisotopic (exact) mass is 372 g/mol. The highest BCUT2D eigenvalue weighted by Gasteiger charge is 2.21. The quantitative estimate of drug-likeness (QED) is 0.680. The number of thiazole rings is 1. The number of aryl methyl sites for hydroxylation is 3. The third-order valence-corrected chi connectivity index (χ3v) is 4.90. The third-order valence-electron chi connectivity index (χ3n) is 4.09. The Hall–Kier alpha value is -2.67. The van der Waals surface area contributed by atoms with E-state index in [9.17, 15) is 9.59 Å². The lowest BCUT2D eigenvalue weighted by Crippen LogP contribution is -2.12. The van der Waals surface area contributed by atoms with Crippen LogP contribution in [-0.4, -0.2) is 23.5 Å². The minimum Gasteiger partial charge on any atom is -0.466 e. The van der Waals surface area contributed by atoms with Gasteiger partial charge in [-0.15, -0.1) is 11.3 Å². The van der Waals surface area contributed by atoms with E-state index in [1.54, 1.807) is 12.3 Å². The van der Waals surface area contributed by atoms with Crippen LogP contribution in [0.4, 0.5) is 5.13 Å². The molecular weight excluding hydrogens is 352 g/mol. The van der Waals surface area contributed by atoms with Crippen molar-refractivity contribution in [3.05, 3.63) is 45.7 Å². The van der Waals surface area contributed by atoms with Crippen LogP contribution in [0, 0.1) is 20.8 Å². The molecule has 0 aliphatic rings. The first-order chi connectivity index (χ1) is 12.4. The molecule has 2 aromatic heterocycles. The van der Waals surface area contributed by atoms with E-state index < -0.39 is 0 Å². The van der Waals surface area contributed by atoms with Gasteiger partial charge in [0.15, 0.2) is 10.9 Å². The zero-order chi connectivity index (χ0) is 18.8. The van der Waals surface area contributed by atoms with E-state index in [1.165, 1.54) is 11.3 Å². The van der Waals surface area contributed by atoms with Crippen molar-refractivity contribution >= 4 is 39.3 Å². The Morgan fingerprint density at radius 2 is 1.96 bits per heavy atom. The van der Waals surface area contributed by atoms with Crippen molar-refractivity contribution in [3.8, 4) is 0 Å². The second kappa shape index (κ2) is 7.29. The molecule has 2 heterocycles. The number of nitrogens with one attached hydrogen (secondary N) is 1. The Labute approximate surface area is 155 Å². The zero-order valence-corrected chi connectivity index (χ0v) is 16.0. The molecule has 0 unspecified atom stereocenters. The molecular formula is C19H20N2O4S. The Morgan fingerprint density at radius 3 is 2.65 bits per heavy atom. The van der Waals surface area contributed by atoms with Crippen molar-refractivity contribution in [2.24, 2.45) is 0 Å². The number of ether oxygens (including phenoxy) is 1. The van der Waals surface area contributed by atoms with Crippen LogP contribution in [0.2, 0.25) is 0 Å². The fourth-order valence-corrected chi connectivity index (χ4v) is 3.56. The average Bonchev–Trinajstić information content (AvgIpc) is 3.16. The number of benzene rings is 1. The van der Waals surface area contributed by atoms with Crippen molar-refractivity contribution in [3.63, 3.8) is 0 Å². The number of amides is 1. The first-order valence-electron chi connectivity index (χ1n) is 8.31. The van der Waals surface area contributed by atoms with E-state index in [0.29, 0.717) is 17.4 Å². The predicted molar refractivity (Wildman–Crippen MR) is 101 cm³/mol. The smallest absolute Gasteiger partial charge is 0.311 e. The highest BCUT2D eigenvalue weighted by molar-refractivity contribution is 7.14. The van der Waals surface area contributed by atoms with Gasteiger partial charge < -0.3 is 9.15 Å². The zero-order valence-electron chi connectivity index (χ0n) is 15.1. The molecule has 0 atom stereocenters. The van der Waals surface area contributed by atoms with Gasteiger partial charge in [0, 0.05) is 16.3 Å². The number of esters is 1. The summed E-state index contributed by atoms with van der Waals surface area (Å²) in [6.45, 7) is 7.91. The highest BCUT2D eigenvalue weighted by atomic mass is 32.1. The topological polar surface area (TPSA) is 81.4 Å². The van der Waals surface area contributed by atoms with Crippen LogP contribution < -0.4 is 5.32 Å². The highest BCUT2D eigenvalue weighted by Crippen LogP contribution is 2.31. The molecule has 0 spiro atoms. The van der Waals surface area contributed by atoms with Crippen molar-refractivity contribution in [1.29, 1.82) is 0 Å². The summed E-state index contributed by atoms with van der Waals surface area (Å²) in [5, 5.41) is 5.86. The minimum absolute atomic E-state index is 0.0856. The van der Waals surface area contributed by atoms with E-state index in [2.05, 4.69) is 10.3 Å². The molecule has 26 heavy (non-hydrogen) atoms. The molecule has 7 heteroatoms. The second-order valence-electron chi connectivity index (χ2n) is 6.04. The molecule has 0 radical (unpaired) electrons. The first-order valence-corrected chi connectivity index (χ1v) is 9.19. The molecule has 0 aliphatic carbocycles. The Bertz CT molecular complexity index is 987. The number of hydrogen-bond donors (Lipinski definition) is 1. The van der Waals surface area contributed by atoms with Gasteiger partial charge in [-0.3, -0.25) is 14.9 Å². The summed E-state index contributed by atoms with van der Waals surface area (Å²) in [6, 6.07) is 4.00. The molecule has 136 valence electrons. The molecule has 1 amide bonds. The van der Waals surface area contributed by atoms with Crippen LogP contribution in [0.25, 0.3) is 11.0 Å². The maximum atomic E-state index is 12.6. The number of carbonyl (C=O) groups is 2. The lowest BCUT2D eigenvalue weighted by molar-refractivity contribution is -0.142. The number of aromatic nitrogens is 1. The van der Waals surface area contributed by atoms with Crippen LogP contribution in [-0.2, 0) is 16.0 Å². The van der Waals surface area contributed by atoms with Crippen LogP contribution in [0.5, 0.6) is 0 Å². The van der Waals surface area contributed by atoms with E-state index in [0.717, 1.165) is 27.7 Å². The van der Waals surface area contributed by atoms with Crippen LogP contribution in [0.15, 0.2) is 21.9 Å². The summed E-state index contributed by atoms with van der Waals surface area (Å²) < 4.78 is 10.7. The molecule has 0 saturated heterocycles. The summed E-state index contributed by atoms with van der Waals surface area (Å²) in [7, 11) is 0. The normalized spacial score (nSPS) is 10.9. The number of nitrogens with zero attached hydrogens (tertiary/aromatic N) is 1. The molecule has 1 N–H and O–H groups in total. The van der Waals surface area contributed by atoms with Crippen LogP contribution >= 0.6 is 11.3 Å². The summed E-state index contributed by atoms with van der Waals surface area (Å²) in [6.07, 6.45) is 0.0856. The molecule has 0 saturated carbocycles. The summed E-state index contributed by atoms with van der Waals surface area (Å²) >= 11 is 1.26. The maximum Gasteiger partial charge on any atom is 0.311 e. The van der Waals surface area contributed by atoms with Gasteiger partial charge in [-0.05, 0) is 38.8 Å². The molecule has 0 aliphatic heterocycles. The maximum absolute atomic E-state index is 12.6. The third kappa shape index (κ3) is 3.48. The van der Waals surface area contributed by atoms with Crippen molar-refractivity contribution in [2.45, 2.75) is 34.1 Å². The predicted octanol–water partition coefficient (Wildman–Crippen LogP) is 4.17. The van der Waals surface area contributed by atoms with Gasteiger partial charge in [0.1, 0.15) is 5.58 Å². The summed E-state index contributed by atoms with van der Waals surface area (Å²) in [5.41, 5.74) is 4.16. The van der Waals surface area contributed by atoms with E-state index in [-0.39, 0.29) is 24.1 Å². The number of rotatable bonds is 5. The van der Waals surface area contributed by atoms with Crippen molar-refractivity contribution < 1.29 is 18.7 Å². The molecule has 1 aromatic carbocycles. The lowest BCUT2D eigenvalue weighted by Gasteiger charge is -2.00. The molecule has 3 rings (SSSR count). The van der Waals surface area contributed by atoms with E-state index in [1.807, 2.05) is 32.9 Å². The Kier molecular flexibility index (Phi) is 5.08. The molecule has 0 bridgehead atoms. The summed E-state index contributed by atoms with van der Waals surface area (Å²) in [5.74, 6) is -0.413. The molecule has 6 nitrogen and oxygen atoms in total.